The lowest BCUT2D eigenvalue weighted by atomic mass is 10.1. The fourth-order valence-corrected chi connectivity index (χ4v) is 2.29. The van der Waals surface area contributed by atoms with Crippen molar-refractivity contribution in [1.82, 2.24) is 10.2 Å². The van der Waals surface area contributed by atoms with E-state index in [-0.39, 0.29) is 0 Å². The number of hydrogen-bond donors (Lipinski definition) is 2. The molecule has 2 N–H and O–H groups in total. The topological polar surface area (TPSA) is 58.0 Å². The molecule has 84 valence electrons. The summed E-state index contributed by atoms with van der Waals surface area (Å²) in [5.74, 6) is 0.296. The molecule has 0 saturated carbocycles. The van der Waals surface area contributed by atoms with Crippen molar-refractivity contribution in [3.63, 3.8) is 0 Å². The average molecular weight is 300 g/mol. The molecule has 6 heteroatoms. The fraction of sp³-hybridized carbons (Fsp3) is 0.200. The number of nitrogens with one attached hydrogen (secondary N) is 1. The van der Waals surface area contributed by atoms with Crippen LogP contribution in [0.25, 0.3) is 0 Å². The van der Waals surface area contributed by atoms with Crippen molar-refractivity contribution < 1.29 is 5.11 Å². The molecule has 0 atom stereocenters. The van der Waals surface area contributed by atoms with Gasteiger partial charge in [-0.2, -0.15) is 0 Å². The van der Waals surface area contributed by atoms with Crippen molar-refractivity contribution in [1.29, 1.82) is 0 Å². The minimum Gasteiger partial charge on any atom is -0.508 e. The second-order valence-corrected chi connectivity index (χ2v) is 5.46. The van der Waals surface area contributed by atoms with Crippen LogP contribution in [0.4, 0.5) is 5.13 Å². The van der Waals surface area contributed by atoms with E-state index in [1.807, 2.05) is 12.1 Å². The third kappa shape index (κ3) is 3.18. The van der Waals surface area contributed by atoms with E-state index in [2.05, 4.69) is 31.4 Å². The van der Waals surface area contributed by atoms with Crippen molar-refractivity contribution >= 4 is 32.4 Å². The summed E-state index contributed by atoms with van der Waals surface area (Å²) in [5.41, 5.74) is 1.17. The van der Waals surface area contributed by atoms with Gasteiger partial charge in [0.1, 0.15) is 5.75 Å². The first kappa shape index (κ1) is 11.3. The molecule has 1 aromatic heterocycles. The zero-order valence-corrected chi connectivity index (χ0v) is 10.8. The zero-order valence-electron chi connectivity index (χ0n) is 8.35. The first-order chi connectivity index (χ1) is 7.74. The van der Waals surface area contributed by atoms with E-state index in [4.69, 9.17) is 5.11 Å². The monoisotopic (exact) mass is 299 g/mol. The first-order valence-electron chi connectivity index (χ1n) is 4.75. The highest BCUT2D eigenvalue weighted by atomic mass is 79.9. The average Bonchev–Trinajstić information content (AvgIpc) is 2.67. The van der Waals surface area contributed by atoms with E-state index in [1.165, 1.54) is 16.9 Å². The van der Waals surface area contributed by atoms with Crippen molar-refractivity contribution in [2.75, 3.05) is 11.9 Å². The molecule has 0 radical (unpaired) electrons. The number of aromatic nitrogens is 2. The highest BCUT2D eigenvalue weighted by Crippen LogP contribution is 2.19. The molecule has 0 bridgehead atoms. The Balaban J connectivity index is 1.82. The minimum absolute atomic E-state index is 0.296. The lowest BCUT2D eigenvalue weighted by molar-refractivity contribution is 0.475. The van der Waals surface area contributed by atoms with Crippen LogP contribution in [-0.4, -0.2) is 21.8 Å². The van der Waals surface area contributed by atoms with E-state index in [0.29, 0.717) is 5.75 Å². The second-order valence-electron chi connectivity index (χ2n) is 3.20. The quantitative estimate of drug-likeness (QED) is 0.911. The number of phenols is 1. The molecule has 2 rings (SSSR count). The molecular weight excluding hydrogens is 290 g/mol. The Hall–Kier alpha value is -1.14. The van der Waals surface area contributed by atoms with E-state index in [0.717, 1.165) is 22.0 Å². The molecular formula is C10H10BrN3OS. The Kier molecular flexibility index (Phi) is 3.74. The second kappa shape index (κ2) is 5.27. The first-order valence-corrected chi connectivity index (χ1v) is 6.36. The summed E-state index contributed by atoms with van der Waals surface area (Å²) in [7, 11) is 0. The molecule has 4 nitrogen and oxygen atoms in total. The molecule has 0 unspecified atom stereocenters. The summed E-state index contributed by atoms with van der Waals surface area (Å²) in [4.78, 5) is 0. The molecule has 1 aromatic carbocycles. The van der Waals surface area contributed by atoms with Crippen LogP contribution in [0.3, 0.4) is 0 Å². The molecule has 1 heterocycles. The van der Waals surface area contributed by atoms with Crippen molar-refractivity contribution in [2.45, 2.75) is 6.42 Å². The van der Waals surface area contributed by atoms with Gasteiger partial charge in [-0.25, -0.2) is 0 Å². The van der Waals surface area contributed by atoms with Gasteiger partial charge in [0.2, 0.25) is 5.13 Å². The number of halogens is 1. The van der Waals surface area contributed by atoms with Gasteiger partial charge in [-0.05, 0) is 40.0 Å². The maximum absolute atomic E-state index is 9.13. The summed E-state index contributed by atoms with van der Waals surface area (Å²) < 4.78 is 0.777. The molecule has 16 heavy (non-hydrogen) atoms. The Morgan fingerprint density at radius 1 is 1.25 bits per heavy atom. The molecule has 0 spiro atoms. The number of phenolic OH excluding ortho intramolecular Hbond substituents is 1. The van der Waals surface area contributed by atoms with Crippen LogP contribution in [-0.2, 0) is 6.42 Å². The van der Waals surface area contributed by atoms with Crippen LogP contribution in [0, 0.1) is 0 Å². The van der Waals surface area contributed by atoms with Gasteiger partial charge in [-0.1, -0.05) is 23.5 Å². The van der Waals surface area contributed by atoms with Crippen molar-refractivity contribution in [3.8, 4) is 5.75 Å². The molecule has 0 aliphatic heterocycles. The Bertz CT molecular complexity index is 457. The van der Waals surface area contributed by atoms with Gasteiger partial charge >= 0.3 is 0 Å². The van der Waals surface area contributed by atoms with E-state index >= 15 is 0 Å². The Morgan fingerprint density at radius 2 is 2.00 bits per heavy atom. The number of aromatic hydroxyl groups is 1. The highest BCUT2D eigenvalue weighted by Gasteiger charge is 2.00. The van der Waals surface area contributed by atoms with Crippen LogP contribution in [0.5, 0.6) is 5.75 Å². The summed E-state index contributed by atoms with van der Waals surface area (Å²) in [6, 6.07) is 7.20. The maximum Gasteiger partial charge on any atom is 0.206 e. The van der Waals surface area contributed by atoms with Crippen molar-refractivity contribution in [3.05, 3.63) is 33.7 Å². The third-order valence-corrected chi connectivity index (χ3v) is 3.34. The van der Waals surface area contributed by atoms with Gasteiger partial charge in [0, 0.05) is 6.54 Å². The van der Waals surface area contributed by atoms with Gasteiger partial charge in [0.25, 0.3) is 0 Å². The van der Waals surface area contributed by atoms with Gasteiger partial charge in [0.05, 0.1) is 0 Å². The number of rotatable bonds is 4. The molecule has 0 fully saturated rings. The number of nitrogens with zero attached hydrogens (tertiary/aromatic N) is 2. The predicted octanol–water partition coefficient (Wildman–Crippen LogP) is 2.66. The Labute approximate surface area is 105 Å². The van der Waals surface area contributed by atoms with Crippen LogP contribution in [0.15, 0.2) is 28.2 Å². The SMILES string of the molecule is Oc1ccc(CCNc2nnc(Br)s2)cc1. The number of benzene rings is 1. The van der Waals surface area contributed by atoms with Crippen LogP contribution in [0.1, 0.15) is 5.56 Å². The lowest BCUT2D eigenvalue weighted by Crippen LogP contribution is -2.04. The standard InChI is InChI=1S/C10H10BrN3OS/c11-9-13-14-10(16-9)12-6-5-7-1-3-8(15)4-2-7/h1-4,15H,5-6H2,(H,12,14). The fourth-order valence-electron chi connectivity index (χ4n) is 1.25. The summed E-state index contributed by atoms with van der Waals surface area (Å²) >= 11 is 4.72. The van der Waals surface area contributed by atoms with Crippen LogP contribution in [0.2, 0.25) is 0 Å². The van der Waals surface area contributed by atoms with Gasteiger partial charge in [-0.15, -0.1) is 10.2 Å². The van der Waals surface area contributed by atoms with E-state index in [9.17, 15) is 0 Å². The van der Waals surface area contributed by atoms with E-state index in [1.54, 1.807) is 12.1 Å². The summed E-state index contributed by atoms with van der Waals surface area (Å²) in [5, 5.41) is 20.9. The zero-order chi connectivity index (χ0) is 11.4. The van der Waals surface area contributed by atoms with Crippen LogP contribution < -0.4 is 5.32 Å². The van der Waals surface area contributed by atoms with Gasteiger partial charge in [-0.3, -0.25) is 0 Å². The predicted molar refractivity (Wildman–Crippen MR) is 67.9 cm³/mol. The molecule has 0 saturated heterocycles. The Morgan fingerprint density at radius 3 is 2.62 bits per heavy atom. The molecule has 0 amide bonds. The van der Waals surface area contributed by atoms with Gasteiger partial charge < -0.3 is 10.4 Å². The summed E-state index contributed by atoms with van der Waals surface area (Å²) in [6.45, 7) is 0.798. The minimum atomic E-state index is 0.296. The molecule has 2 aromatic rings. The number of anilines is 1. The summed E-state index contributed by atoms with van der Waals surface area (Å²) in [6.07, 6.45) is 0.886. The third-order valence-electron chi connectivity index (χ3n) is 2.03. The van der Waals surface area contributed by atoms with E-state index < -0.39 is 0 Å². The molecule has 0 aliphatic carbocycles. The van der Waals surface area contributed by atoms with Crippen LogP contribution >= 0.6 is 27.3 Å². The normalized spacial score (nSPS) is 10.3. The molecule has 0 aliphatic rings. The van der Waals surface area contributed by atoms with Gasteiger partial charge in [0.15, 0.2) is 3.92 Å². The largest absolute Gasteiger partial charge is 0.508 e. The maximum atomic E-state index is 9.13. The number of hydrogen-bond acceptors (Lipinski definition) is 5. The highest BCUT2D eigenvalue weighted by molar-refractivity contribution is 9.11. The van der Waals surface area contributed by atoms with Crippen molar-refractivity contribution in [2.24, 2.45) is 0 Å². The lowest BCUT2D eigenvalue weighted by Gasteiger charge is -2.02. The smallest absolute Gasteiger partial charge is 0.206 e.